The first-order valence-corrected chi connectivity index (χ1v) is 15.4. The van der Waals surface area contributed by atoms with Gasteiger partial charge in [-0.3, -0.25) is 4.57 Å². The van der Waals surface area contributed by atoms with Gasteiger partial charge in [0.15, 0.2) is 0 Å². The summed E-state index contributed by atoms with van der Waals surface area (Å²) in [5.74, 6) is -0.651. The molecule has 2 aromatic carbocycles. The molecule has 0 saturated carbocycles. The summed E-state index contributed by atoms with van der Waals surface area (Å²) in [5, 5.41) is 0. The number of hydrogen-bond donors (Lipinski definition) is 0. The summed E-state index contributed by atoms with van der Waals surface area (Å²) in [4.78, 5) is 25.7. The minimum absolute atomic E-state index is 0.206. The zero-order valence-corrected chi connectivity index (χ0v) is 22.6. The molecule has 0 amide bonds. The molecular weight excluding hydrogens is 527 g/mol. The third-order valence-electron chi connectivity index (χ3n) is 4.63. The molecule has 1 aromatic heterocycles. The summed E-state index contributed by atoms with van der Waals surface area (Å²) in [5.41, 5.74) is 1.75. The lowest BCUT2D eigenvalue weighted by atomic mass is 10.1. The van der Waals surface area contributed by atoms with Crippen LogP contribution in [0.25, 0.3) is 10.4 Å². The molecule has 7 nitrogen and oxygen atoms in total. The highest BCUT2D eigenvalue weighted by atomic mass is 32.9. The van der Waals surface area contributed by atoms with Crippen molar-refractivity contribution in [1.82, 2.24) is 0 Å². The van der Waals surface area contributed by atoms with Crippen LogP contribution in [0.4, 0.5) is 0 Å². The number of unbranched alkanes of at least 4 members (excludes halogenated alkanes) is 1. The van der Waals surface area contributed by atoms with Gasteiger partial charge in [-0.1, -0.05) is 45.0 Å². The van der Waals surface area contributed by atoms with Crippen LogP contribution in [0.5, 0.6) is 5.75 Å². The molecule has 0 aliphatic heterocycles. The molecule has 0 fully saturated rings. The minimum Gasteiger partial charge on any atom is -0.462 e. The van der Waals surface area contributed by atoms with E-state index in [1.807, 2.05) is 18.2 Å². The topological polar surface area (TPSA) is 88.1 Å². The van der Waals surface area contributed by atoms with Crippen molar-refractivity contribution in [3.8, 4) is 16.2 Å². The molecule has 0 bridgehead atoms. The van der Waals surface area contributed by atoms with Gasteiger partial charge in [0.1, 0.15) is 9.57 Å². The first-order valence-electron chi connectivity index (χ1n) is 10.8. The second-order valence-electron chi connectivity index (χ2n) is 7.35. The monoisotopic (exact) mass is 552 g/mol. The maximum absolute atomic E-state index is 12.4. The van der Waals surface area contributed by atoms with E-state index in [2.05, 4.69) is 0 Å². The molecule has 3 aromatic rings. The van der Waals surface area contributed by atoms with Crippen molar-refractivity contribution in [1.29, 1.82) is 0 Å². The Kier molecular flexibility index (Phi) is 10.3. The highest BCUT2D eigenvalue weighted by molar-refractivity contribution is 7.80. The first-order chi connectivity index (χ1) is 16.8. The van der Waals surface area contributed by atoms with Crippen LogP contribution in [0.15, 0.2) is 54.6 Å². The molecule has 0 radical (unpaired) electrons. The zero-order valence-electron chi connectivity index (χ0n) is 19.3. The maximum atomic E-state index is 12.4. The van der Waals surface area contributed by atoms with Gasteiger partial charge in [0.05, 0.1) is 30.9 Å². The molecule has 0 aliphatic carbocycles. The largest absolute Gasteiger partial charge is 0.462 e. The third-order valence-corrected chi connectivity index (χ3v) is 8.92. The molecule has 0 N–H and O–H groups in total. The van der Waals surface area contributed by atoms with Crippen LogP contribution < -0.4 is 4.74 Å². The van der Waals surface area contributed by atoms with Crippen LogP contribution in [-0.4, -0.2) is 38.4 Å². The fraction of sp³-hybridized carbons (Fsp3) is 0.292. The summed E-state index contributed by atoms with van der Waals surface area (Å²) in [7, 11) is 0.130. The van der Waals surface area contributed by atoms with Crippen molar-refractivity contribution < 1.29 is 32.7 Å². The smallest absolute Gasteiger partial charge is 0.343 e. The molecule has 1 heterocycles. The van der Waals surface area contributed by atoms with Gasteiger partial charge >= 0.3 is 19.5 Å². The lowest BCUT2D eigenvalue weighted by molar-refractivity contribution is 0.0492. The predicted octanol–water partition coefficient (Wildman–Crippen LogP) is 7.24. The number of carbonyl (C=O) groups excluding carboxylic acids is 2. The van der Waals surface area contributed by atoms with Crippen LogP contribution in [0, 0.1) is 3.82 Å². The molecule has 35 heavy (non-hydrogen) atoms. The van der Waals surface area contributed by atoms with E-state index in [1.54, 1.807) is 41.5 Å². The number of esters is 2. The van der Waals surface area contributed by atoms with E-state index in [9.17, 15) is 14.2 Å². The fourth-order valence-corrected chi connectivity index (χ4v) is 6.33. The summed E-state index contributed by atoms with van der Waals surface area (Å²) in [6.07, 6.45) is 1.14. The van der Waals surface area contributed by atoms with Gasteiger partial charge in [0.2, 0.25) is 0 Å². The number of benzene rings is 2. The molecule has 1 atom stereocenters. The lowest BCUT2D eigenvalue weighted by Crippen LogP contribution is -2.09. The Bertz CT molecular complexity index is 1230. The maximum Gasteiger partial charge on any atom is 0.343 e. The van der Waals surface area contributed by atoms with Crippen molar-refractivity contribution in [2.45, 2.75) is 19.8 Å². The third kappa shape index (κ3) is 8.75. The van der Waals surface area contributed by atoms with Crippen LogP contribution in [0.2, 0.25) is 0 Å². The molecule has 1 unspecified atom stereocenters. The van der Waals surface area contributed by atoms with Crippen LogP contribution in [0.1, 0.15) is 40.5 Å². The average molecular weight is 553 g/mol. The van der Waals surface area contributed by atoms with E-state index in [1.165, 1.54) is 29.1 Å². The van der Waals surface area contributed by atoms with Crippen molar-refractivity contribution in [2.75, 3.05) is 26.5 Å². The number of hydrogen-bond acceptors (Lipinski definition) is 10. The molecule has 11 heteroatoms. The van der Waals surface area contributed by atoms with Gasteiger partial charge in [-0.2, -0.15) is 0 Å². The van der Waals surface area contributed by atoms with Crippen molar-refractivity contribution >= 4 is 52.4 Å². The molecule has 0 spiro atoms. The molecule has 0 saturated heterocycles. The SMILES string of the molecule is CCOP(C)(=O)OCCCCOC(=O)c1ccc(OC(=O)c2ccc(-c3cc(=S)ss3)cc2)cc1. The van der Waals surface area contributed by atoms with Crippen LogP contribution in [0.3, 0.4) is 0 Å². The molecule has 0 aliphatic rings. The fourth-order valence-electron chi connectivity index (χ4n) is 2.92. The van der Waals surface area contributed by atoms with Crippen LogP contribution >= 0.6 is 40.5 Å². The second-order valence-corrected chi connectivity index (χ2v) is 12.3. The second kappa shape index (κ2) is 13.2. The summed E-state index contributed by atoms with van der Waals surface area (Å²) >= 11 is 5.16. The van der Waals surface area contributed by atoms with Gasteiger partial charge in [0.25, 0.3) is 0 Å². The Morgan fingerprint density at radius 3 is 2.14 bits per heavy atom. The summed E-state index contributed by atoms with van der Waals surface area (Å²) < 4.78 is 33.5. The van der Waals surface area contributed by atoms with E-state index in [4.69, 9.17) is 30.7 Å². The zero-order chi connectivity index (χ0) is 25.3. The van der Waals surface area contributed by atoms with Crippen LogP contribution in [-0.2, 0) is 18.3 Å². The van der Waals surface area contributed by atoms with Gasteiger partial charge < -0.3 is 18.5 Å². The van der Waals surface area contributed by atoms with E-state index < -0.39 is 19.5 Å². The number of ether oxygens (including phenoxy) is 2. The normalized spacial score (nSPS) is 12.6. The van der Waals surface area contributed by atoms with Crippen molar-refractivity contribution in [2.24, 2.45) is 0 Å². The number of rotatable bonds is 12. The van der Waals surface area contributed by atoms with Gasteiger partial charge in [0, 0.05) is 11.5 Å². The first kappa shape index (κ1) is 27.4. The molecule has 3 rings (SSSR count). The molecule has 186 valence electrons. The Morgan fingerprint density at radius 2 is 1.51 bits per heavy atom. The Labute approximate surface area is 216 Å². The highest BCUT2D eigenvalue weighted by Crippen LogP contribution is 2.43. The standard InChI is InChI=1S/C24H25O7PS3/c1-3-29-32(2,27)30-15-5-4-14-28-23(25)18-10-12-20(13-11-18)31-24(26)19-8-6-17(7-9-19)21-16-22(33)35-34-21/h6-13,16H,3-5,14-15H2,1-2H3. The predicted molar refractivity (Wildman–Crippen MR) is 140 cm³/mol. The highest BCUT2D eigenvalue weighted by Gasteiger charge is 2.15. The minimum atomic E-state index is -3.00. The van der Waals surface area contributed by atoms with E-state index >= 15 is 0 Å². The number of carbonyl (C=O) groups is 2. The van der Waals surface area contributed by atoms with E-state index in [0.717, 1.165) is 14.3 Å². The van der Waals surface area contributed by atoms with E-state index in [-0.39, 0.29) is 13.2 Å². The van der Waals surface area contributed by atoms with Gasteiger partial charge in [-0.05, 0) is 67.8 Å². The Balaban J connectivity index is 1.43. The quantitative estimate of drug-likeness (QED) is 0.0580. The van der Waals surface area contributed by atoms with Crippen molar-refractivity contribution in [3.63, 3.8) is 0 Å². The Morgan fingerprint density at radius 1 is 0.886 bits per heavy atom. The lowest BCUT2D eigenvalue weighted by Gasteiger charge is -2.12. The average Bonchev–Trinajstić information content (AvgIpc) is 3.28. The van der Waals surface area contributed by atoms with Gasteiger partial charge in [-0.15, -0.1) is 0 Å². The van der Waals surface area contributed by atoms with Gasteiger partial charge in [-0.25, -0.2) is 9.59 Å². The Hall–Kier alpha value is -2.20. The summed E-state index contributed by atoms with van der Waals surface area (Å²) in [6.45, 7) is 3.97. The molecular formula is C24H25O7PS3. The van der Waals surface area contributed by atoms with E-state index in [0.29, 0.717) is 36.3 Å². The summed E-state index contributed by atoms with van der Waals surface area (Å²) in [6, 6.07) is 15.2. The van der Waals surface area contributed by atoms with Crippen molar-refractivity contribution in [3.05, 3.63) is 69.5 Å².